The van der Waals surface area contributed by atoms with E-state index in [2.05, 4.69) is 5.32 Å². The number of ether oxygens (including phenoxy) is 1. The Hall–Kier alpha value is -1.10. The van der Waals surface area contributed by atoms with Crippen LogP contribution in [0.15, 0.2) is 11.4 Å². The van der Waals surface area contributed by atoms with E-state index in [1.807, 2.05) is 0 Å². The molecule has 0 spiro atoms. The number of alkyl carbamates (subject to hydrolysis) is 1. The Morgan fingerprint density at radius 3 is 2.40 bits per heavy atom. The smallest absolute Gasteiger partial charge is 0.407 e. The van der Waals surface area contributed by atoms with Gasteiger partial charge in [0.15, 0.2) is 0 Å². The molecule has 15 heavy (non-hydrogen) atoms. The van der Waals surface area contributed by atoms with Crippen LogP contribution in [0.5, 0.6) is 0 Å². The number of hydrogen-bond acceptors (Lipinski definition) is 3. The zero-order valence-electron chi connectivity index (χ0n) is 9.56. The van der Waals surface area contributed by atoms with E-state index in [-0.39, 0.29) is 12.1 Å². The minimum atomic E-state index is -0.651. The highest BCUT2D eigenvalue weighted by atomic mass is 19.1. The van der Waals surface area contributed by atoms with E-state index in [1.165, 1.54) is 6.92 Å². The fourth-order valence-electron chi connectivity index (χ4n) is 0.750. The molecule has 0 aromatic carbocycles. The second-order valence-corrected chi connectivity index (χ2v) is 4.20. The van der Waals surface area contributed by atoms with Gasteiger partial charge in [0.2, 0.25) is 0 Å². The highest BCUT2D eigenvalue weighted by molar-refractivity contribution is 5.68. The Morgan fingerprint density at radius 2 is 2.00 bits per heavy atom. The van der Waals surface area contributed by atoms with Gasteiger partial charge in [0, 0.05) is 6.54 Å². The van der Waals surface area contributed by atoms with Crippen LogP contribution in [-0.4, -0.2) is 30.0 Å². The van der Waals surface area contributed by atoms with Gasteiger partial charge in [-0.2, -0.15) is 0 Å². The van der Waals surface area contributed by atoms with Crippen molar-refractivity contribution in [3.05, 3.63) is 11.4 Å². The van der Waals surface area contributed by atoms with E-state index in [1.54, 1.807) is 20.8 Å². The molecule has 0 saturated heterocycles. The predicted octanol–water partition coefficient (Wildman–Crippen LogP) is 1.75. The molecular formula is C10H18FNO3. The molecule has 0 saturated carbocycles. The van der Waals surface area contributed by atoms with Gasteiger partial charge in [-0.3, -0.25) is 0 Å². The van der Waals surface area contributed by atoms with Gasteiger partial charge in [-0.1, -0.05) is 0 Å². The molecule has 2 N–H and O–H groups in total. The maximum atomic E-state index is 12.8. The van der Waals surface area contributed by atoms with E-state index >= 15 is 0 Å². The van der Waals surface area contributed by atoms with Crippen LogP contribution in [0.1, 0.15) is 27.7 Å². The van der Waals surface area contributed by atoms with Gasteiger partial charge in [-0.15, -0.1) is 0 Å². The third kappa shape index (κ3) is 6.90. The summed E-state index contributed by atoms with van der Waals surface area (Å²) in [4.78, 5) is 11.1. The van der Waals surface area contributed by atoms with E-state index in [9.17, 15) is 9.18 Å². The van der Waals surface area contributed by atoms with Crippen molar-refractivity contribution in [2.45, 2.75) is 33.3 Å². The van der Waals surface area contributed by atoms with Gasteiger partial charge in [0.1, 0.15) is 11.4 Å². The van der Waals surface area contributed by atoms with Crippen LogP contribution in [-0.2, 0) is 4.74 Å². The summed E-state index contributed by atoms with van der Waals surface area (Å²) < 4.78 is 17.7. The first kappa shape index (κ1) is 13.9. The number of halogens is 1. The molecule has 0 aliphatic rings. The molecule has 0 aliphatic heterocycles. The lowest BCUT2D eigenvalue weighted by Gasteiger charge is -2.19. The van der Waals surface area contributed by atoms with Gasteiger partial charge >= 0.3 is 6.09 Å². The molecule has 0 rings (SSSR count). The first-order valence-electron chi connectivity index (χ1n) is 4.68. The normalized spacial score (nSPS) is 13.2. The summed E-state index contributed by atoms with van der Waals surface area (Å²) in [6, 6.07) is 0. The molecule has 0 radical (unpaired) electrons. The quantitative estimate of drug-likeness (QED) is 0.760. The van der Waals surface area contributed by atoms with Crippen LogP contribution in [0, 0.1) is 0 Å². The van der Waals surface area contributed by atoms with Crippen LogP contribution in [0.2, 0.25) is 0 Å². The lowest BCUT2D eigenvalue weighted by molar-refractivity contribution is 0.0532. The molecule has 88 valence electrons. The first-order chi connectivity index (χ1) is 6.76. The van der Waals surface area contributed by atoms with Crippen LogP contribution >= 0.6 is 0 Å². The number of amides is 1. The summed E-state index contributed by atoms with van der Waals surface area (Å²) in [5.41, 5.74) is -0.291. The van der Waals surface area contributed by atoms with Crippen LogP contribution in [0.3, 0.4) is 0 Å². The van der Waals surface area contributed by atoms with Gasteiger partial charge in [-0.25, -0.2) is 9.18 Å². The van der Waals surface area contributed by atoms with Crippen LogP contribution in [0.4, 0.5) is 9.18 Å². The third-order valence-corrected chi connectivity index (χ3v) is 1.50. The SMILES string of the molecule is C/C(CNC(=O)OC(C)(C)C)=C(/F)CO. The monoisotopic (exact) mass is 219 g/mol. The van der Waals surface area contributed by atoms with Crippen molar-refractivity contribution in [3.8, 4) is 0 Å². The van der Waals surface area contributed by atoms with Crippen molar-refractivity contribution in [2.24, 2.45) is 0 Å². The molecule has 0 heterocycles. The fraction of sp³-hybridized carbons (Fsp3) is 0.700. The van der Waals surface area contributed by atoms with E-state index < -0.39 is 24.1 Å². The van der Waals surface area contributed by atoms with Gasteiger partial charge in [0.25, 0.3) is 0 Å². The molecule has 0 aromatic rings. The Bertz CT molecular complexity index is 256. The zero-order chi connectivity index (χ0) is 12.1. The predicted molar refractivity (Wildman–Crippen MR) is 55.1 cm³/mol. The largest absolute Gasteiger partial charge is 0.444 e. The number of aliphatic hydroxyl groups excluding tert-OH is 1. The molecule has 1 amide bonds. The molecule has 0 atom stereocenters. The molecule has 0 aliphatic carbocycles. The first-order valence-corrected chi connectivity index (χ1v) is 4.68. The van der Waals surface area contributed by atoms with E-state index in [0.29, 0.717) is 0 Å². The second-order valence-electron chi connectivity index (χ2n) is 4.20. The topological polar surface area (TPSA) is 58.6 Å². The number of carbonyl (C=O) groups excluding carboxylic acids is 1. The lowest BCUT2D eigenvalue weighted by Crippen LogP contribution is -2.33. The number of carbonyl (C=O) groups is 1. The minimum Gasteiger partial charge on any atom is -0.444 e. The Morgan fingerprint density at radius 1 is 1.47 bits per heavy atom. The average Bonchev–Trinajstić information content (AvgIpc) is 2.10. The number of nitrogens with one attached hydrogen (secondary N) is 1. The van der Waals surface area contributed by atoms with Crippen LogP contribution in [0.25, 0.3) is 0 Å². The Balaban J connectivity index is 4.03. The molecule has 0 aromatic heterocycles. The van der Waals surface area contributed by atoms with Crippen molar-refractivity contribution in [1.82, 2.24) is 5.32 Å². The van der Waals surface area contributed by atoms with Crippen molar-refractivity contribution in [3.63, 3.8) is 0 Å². The fourth-order valence-corrected chi connectivity index (χ4v) is 0.750. The Kier molecular flexibility index (Phi) is 5.28. The molecule has 5 heteroatoms. The standard InChI is InChI=1S/C10H18FNO3/c1-7(8(11)6-13)5-12-9(14)15-10(2,3)4/h13H,5-6H2,1-4H3,(H,12,14)/b8-7-. The van der Waals surface area contributed by atoms with Crippen LogP contribution < -0.4 is 5.32 Å². The molecule has 0 unspecified atom stereocenters. The summed E-state index contributed by atoms with van der Waals surface area (Å²) in [7, 11) is 0. The lowest BCUT2D eigenvalue weighted by atomic mass is 10.2. The number of hydrogen-bond donors (Lipinski definition) is 2. The molecular weight excluding hydrogens is 201 g/mol. The van der Waals surface area contributed by atoms with Crippen molar-refractivity contribution in [2.75, 3.05) is 13.2 Å². The molecule has 0 fully saturated rings. The summed E-state index contributed by atoms with van der Waals surface area (Å²) >= 11 is 0. The highest BCUT2D eigenvalue weighted by Crippen LogP contribution is 2.07. The summed E-state index contributed by atoms with van der Waals surface area (Å²) in [6.45, 7) is 6.09. The second kappa shape index (κ2) is 5.70. The van der Waals surface area contributed by atoms with Gasteiger partial charge < -0.3 is 15.2 Å². The summed E-state index contributed by atoms with van der Waals surface area (Å²) in [5.74, 6) is -0.633. The zero-order valence-corrected chi connectivity index (χ0v) is 9.56. The maximum absolute atomic E-state index is 12.8. The van der Waals surface area contributed by atoms with Crippen molar-refractivity contribution < 1.29 is 19.0 Å². The number of aliphatic hydroxyl groups is 1. The number of rotatable bonds is 3. The minimum absolute atomic E-state index is 0.0291. The molecule has 4 nitrogen and oxygen atoms in total. The molecule has 0 bridgehead atoms. The summed E-state index contributed by atoms with van der Waals surface area (Å²) in [5, 5.41) is 10.9. The average molecular weight is 219 g/mol. The van der Waals surface area contributed by atoms with E-state index in [4.69, 9.17) is 9.84 Å². The van der Waals surface area contributed by atoms with E-state index in [0.717, 1.165) is 0 Å². The van der Waals surface area contributed by atoms with Gasteiger partial charge in [0.05, 0.1) is 6.61 Å². The summed E-state index contributed by atoms with van der Waals surface area (Å²) in [6.07, 6.45) is -0.604. The maximum Gasteiger partial charge on any atom is 0.407 e. The Labute approximate surface area is 89.1 Å². The highest BCUT2D eigenvalue weighted by Gasteiger charge is 2.15. The van der Waals surface area contributed by atoms with Crippen molar-refractivity contribution >= 4 is 6.09 Å². The van der Waals surface area contributed by atoms with Crippen molar-refractivity contribution in [1.29, 1.82) is 0 Å². The van der Waals surface area contributed by atoms with Gasteiger partial charge in [-0.05, 0) is 33.3 Å². The third-order valence-electron chi connectivity index (χ3n) is 1.50.